The van der Waals surface area contributed by atoms with Gasteiger partial charge in [0.05, 0.1) is 24.2 Å². The van der Waals surface area contributed by atoms with Gasteiger partial charge in [0.25, 0.3) is 0 Å². The van der Waals surface area contributed by atoms with Gasteiger partial charge in [-0.3, -0.25) is 4.79 Å². The summed E-state index contributed by atoms with van der Waals surface area (Å²) in [5.74, 6) is 0.192. The molecular formula is C20H29NO3. The maximum absolute atomic E-state index is 12.6. The van der Waals surface area contributed by atoms with Gasteiger partial charge < -0.3 is 14.7 Å². The van der Waals surface area contributed by atoms with E-state index in [-0.39, 0.29) is 11.5 Å². The Bertz CT molecular complexity index is 592. The van der Waals surface area contributed by atoms with Crippen LogP contribution in [0.2, 0.25) is 0 Å². The summed E-state index contributed by atoms with van der Waals surface area (Å²) in [5, 5.41) is 10.6. The van der Waals surface area contributed by atoms with Gasteiger partial charge >= 0.3 is 0 Å². The first kappa shape index (κ1) is 17.4. The average Bonchev–Trinajstić information content (AvgIpc) is 2.55. The molecule has 2 aliphatic rings. The second kappa shape index (κ2) is 6.85. The van der Waals surface area contributed by atoms with Gasteiger partial charge in [-0.1, -0.05) is 36.8 Å². The van der Waals surface area contributed by atoms with E-state index < -0.39 is 5.60 Å². The number of hydrogen-bond donors (Lipinski definition) is 1. The van der Waals surface area contributed by atoms with E-state index >= 15 is 0 Å². The molecule has 1 aromatic rings. The van der Waals surface area contributed by atoms with Gasteiger partial charge in [0, 0.05) is 19.5 Å². The third-order valence-electron chi connectivity index (χ3n) is 5.75. The minimum absolute atomic E-state index is 0.192. The van der Waals surface area contributed by atoms with Crippen molar-refractivity contribution in [3.63, 3.8) is 0 Å². The average molecular weight is 331 g/mol. The first-order chi connectivity index (χ1) is 11.4. The highest BCUT2D eigenvalue weighted by Crippen LogP contribution is 2.40. The second-order valence-electron chi connectivity index (χ2n) is 7.58. The molecule has 2 saturated heterocycles. The van der Waals surface area contributed by atoms with E-state index in [1.54, 1.807) is 0 Å². The second-order valence-corrected chi connectivity index (χ2v) is 7.58. The highest BCUT2D eigenvalue weighted by Gasteiger charge is 2.46. The largest absolute Gasteiger partial charge is 0.390 e. The number of benzene rings is 1. The van der Waals surface area contributed by atoms with E-state index in [0.717, 1.165) is 44.3 Å². The van der Waals surface area contributed by atoms with Crippen LogP contribution in [0.1, 0.15) is 50.2 Å². The molecule has 4 nitrogen and oxygen atoms in total. The van der Waals surface area contributed by atoms with Gasteiger partial charge in [-0.15, -0.1) is 0 Å². The Hall–Kier alpha value is -1.39. The minimum atomic E-state index is -0.591. The Morgan fingerprint density at radius 1 is 1.29 bits per heavy atom. The van der Waals surface area contributed by atoms with E-state index in [1.807, 2.05) is 36.9 Å². The number of piperidine rings is 1. The molecule has 0 bridgehead atoms. The number of amides is 1. The first-order valence-electron chi connectivity index (χ1n) is 9.13. The van der Waals surface area contributed by atoms with Crippen molar-refractivity contribution in [3.05, 3.63) is 35.4 Å². The van der Waals surface area contributed by atoms with Crippen LogP contribution >= 0.6 is 0 Å². The van der Waals surface area contributed by atoms with Crippen molar-refractivity contribution in [2.45, 2.75) is 63.6 Å². The Morgan fingerprint density at radius 3 is 2.71 bits per heavy atom. The smallest absolute Gasteiger partial charge is 0.226 e. The van der Waals surface area contributed by atoms with Crippen LogP contribution in [0, 0.1) is 6.92 Å². The van der Waals surface area contributed by atoms with E-state index in [0.29, 0.717) is 19.4 Å². The van der Waals surface area contributed by atoms with Gasteiger partial charge in [0.1, 0.15) is 0 Å². The van der Waals surface area contributed by atoms with E-state index in [9.17, 15) is 9.90 Å². The summed E-state index contributed by atoms with van der Waals surface area (Å²) in [6.45, 7) is 6.17. The molecule has 0 saturated carbocycles. The quantitative estimate of drug-likeness (QED) is 0.926. The highest BCUT2D eigenvalue weighted by atomic mass is 16.5. The lowest BCUT2D eigenvalue weighted by molar-refractivity contribution is -0.181. The fourth-order valence-corrected chi connectivity index (χ4v) is 4.09. The predicted molar refractivity (Wildman–Crippen MR) is 93.9 cm³/mol. The topological polar surface area (TPSA) is 49.8 Å². The van der Waals surface area contributed by atoms with Crippen LogP contribution in [0.5, 0.6) is 0 Å². The van der Waals surface area contributed by atoms with Gasteiger partial charge in [0.2, 0.25) is 5.91 Å². The third kappa shape index (κ3) is 3.81. The maximum Gasteiger partial charge on any atom is 0.226 e. The summed E-state index contributed by atoms with van der Waals surface area (Å²) < 4.78 is 6.07. The summed E-state index contributed by atoms with van der Waals surface area (Å²) in [5.41, 5.74) is 1.44. The molecule has 4 heteroatoms. The number of rotatable bonds is 3. The summed E-state index contributed by atoms with van der Waals surface area (Å²) in [6, 6.07) is 8.15. The number of carbonyl (C=O) groups excluding carboxylic acids is 1. The Kier molecular flexibility index (Phi) is 4.97. The van der Waals surface area contributed by atoms with E-state index in [4.69, 9.17) is 4.74 Å². The van der Waals surface area contributed by atoms with Gasteiger partial charge in [-0.2, -0.15) is 0 Å². The van der Waals surface area contributed by atoms with Crippen molar-refractivity contribution in [2.24, 2.45) is 0 Å². The molecule has 1 spiro atoms. The lowest BCUT2D eigenvalue weighted by atomic mass is 9.76. The summed E-state index contributed by atoms with van der Waals surface area (Å²) >= 11 is 0. The molecule has 132 valence electrons. The first-order valence-corrected chi connectivity index (χ1v) is 9.13. The molecule has 1 atom stereocenters. The molecular weight excluding hydrogens is 302 g/mol. The molecule has 0 radical (unpaired) electrons. The van der Waals surface area contributed by atoms with E-state index in [1.165, 1.54) is 5.56 Å². The number of aliphatic hydroxyl groups is 1. The third-order valence-corrected chi connectivity index (χ3v) is 5.75. The zero-order valence-electron chi connectivity index (χ0n) is 14.9. The van der Waals surface area contributed by atoms with Crippen LogP contribution in [0.15, 0.2) is 24.3 Å². The number of ether oxygens (including phenoxy) is 1. The monoisotopic (exact) mass is 331 g/mol. The number of nitrogens with zero attached hydrogens (tertiary/aromatic N) is 1. The molecule has 24 heavy (non-hydrogen) atoms. The van der Waals surface area contributed by atoms with Crippen LogP contribution in [0.25, 0.3) is 0 Å². The maximum atomic E-state index is 12.6. The molecule has 1 unspecified atom stereocenters. The highest BCUT2D eigenvalue weighted by molar-refractivity contribution is 5.79. The number of carbonyl (C=O) groups is 1. The Balaban J connectivity index is 1.57. The SMILES string of the molecule is CCC1(O)CCOC2(CCN(C(=O)Cc3cccc(C)c3)CC2)C1. The lowest BCUT2D eigenvalue weighted by Crippen LogP contribution is -2.55. The van der Waals surface area contributed by atoms with Gasteiger partial charge in [0.15, 0.2) is 0 Å². The van der Waals surface area contributed by atoms with Crippen molar-refractivity contribution in [1.82, 2.24) is 4.90 Å². The molecule has 1 N–H and O–H groups in total. The normalized spacial score (nSPS) is 26.5. The zero-order chi connectivity index (χ0) is 17.2. The number of aryl methyl sites for hydroxylation is 1. The van der Waals surface area contributed by atoms with Crippen LogP contribution in [-0.2, 0) is 16.0 Å². The molecule has 0 aromatic heterocycles. The van der Waals surface area contributed by atoms with Crippen molar-refractivity contribution in [3.8, 4) is 0 Å². The van der Waals surface area contributed by atoms with Gasteiger partial charge in [-0.05, 0) is 38.2 Å². The number of hydrogen-bond acceptors (Lipinski definition) is 3. The predicted octanol–water partition coefficient (Wildman–Crippen LogP) is 2.85. The molecule has 1 aromatic carbocycles. The van der Waals surface area contributed by atoms with E-state index in [2.05, 4.69) is 6.07 Å². The molecule has 2 aliphatic heterocycles. The van der Waals surface area contributed by atoms with Crippen LogP contribution in [0.3, 0.4) is 0 Å². The lowest BCUT2D eigenvalue weighted by Gasteiger charge is -2.49. The summed E-state index contributed by atoms with van der Waals surface area (Å²) in [7, 11) is 0. The van der Waals surface area contributed by atoms with Crippen molar-refractivity contribution >= 4 is 5.91 Å². The number of likely N-dealkylation sites (tertiary alicyclic amines) is 1. The van der Waals surface area contributed by atoms with Crippen molar-refractivity contribution in [2.75, 3.05) is 19.7 Å². The van der Waals surface area contributed by atoms with Gasteiger partial charge in [-0.25, -0.2) is 0 Å². The fraction of sp³-hybridized carbons (Fsp3) is 0.650. The zero-order valence-corrected chi connectivity index (χ0v) is 14.9. The fourth-order valence-electron chi connectivity index (χ4n) is 4.09. The molecule has 1 amide bonds. The Morgan fingerprint density at radius 2 is 2.04 bits per heavy atom. The minimum Gasteiger partial charge on any atom is -0.390 e. The standard InChI is InChI=1S/C20H29NO3/c1-3-19(23)9-12-24-20(15-19)7-10-21(11-8-20)18(22)14-17-6-4-5-16(2)13-17/h4-6,13,23H,3,7-12,14-15H2,1-2H3. The van der Waals surface area contributed by atoms with Crippen LogP contribution in [0.4, 0.5) is 0 Å². The van der Waals surface area contributed by atoms with Crippen LogP contribution < -0.4 is 0 Å². The summed E-state index contributed by atoms with van der Waals surface area (Å²) in [6.07, 6.45) is 4.32. The molecule has 2 heterocycles. The molecule has 3 rings (SSSR count). The van der Waals surface area contributed by atoms with Crippen LogP contribution in [-0.4, -0.2) is 46.8 Å². The van der Waals surface area contributed by atoms with Crippen molar-refractivity contribution in [1.29, 1.82) is 0 Å². The molecule has 2 fully saturated rings. The van der Waals surface area contributed by atoms with Crippen molar-refractivity contribution < 1.29 is 14.6 Å². The summed E-state index contributed by atoms with van der Waals surface area (Å²) in [4.78, 5) is 14.5. The molecule has 0 aliphatic carbocycles. The Labute approximate surface area is 144 Å².